The summed E-state index contributed by atoms with van der Waals surface area (Å²) in [6.07, 6.45) is 1.63. The van der Waals surface area contributed by atoms with Crippen LogP contribution in [0.1, 0.15) is 47.5 Å². The van der Waals surface area contributed by atoms with Gasteiger partial charge >= 0.3 is 0 Å². The molecular weight excluding hydrogens is 364 g/mol. The number of rotatable bonds is 5. The van der Waals surface area contributed by atoms with Crippen LogP contribution >= 0.6 is 0 Å². The Kier molecular flexibility index (Phi) is 5.14. The van der Waals surface area contributed by atoms with Crippen molar-refractivity contribution >= 4 is 15.9 Å². The molecule has 1 atom stereocenters. The molecule has 1 aromatic carbocycles. The predicted octanol–water partition coefficient (Wildman–Crippen LogP) is 1.98. The molecule has 7 nitrogen and oxygen atoms in total. The van der Waals surface area contributed by atoms with E-state index >= 15 is 0 Å². The van der Waals surface area contributed by atoms with Gasteiger partial charge in [0.15, 0.2) is 0 Å². The highest BCUT2D eigenvalue weighted by atomic mass is 32.2. The maximum absolute atomic E-state index is 13.1. The van der Waals surface area contributed by atoms with Crippen molar-refractivity contribution in [2.24, 2.45) is 7.05 Å². The van der Waals surface area contributed by atoms with E-state index in [1.54, 1.807) is 23.9 Å². The van der Waals surface area contributed by atoms with Gasteiger partial charge in [0.25, 0.3) is 0 Å². The van der Waals surface area contributed by atoms with E-state index < -0.39 is 10.0 Å². The van der Waals surface area contributed by atoms with E-state index in [-0.39, 0.29) is 23.4 Å². The number of nitrogens with zero attached hydrogens (tertiary/aromatic N) is 3. The molecule has 1 aromatic heterocycles. The number of nitrogens with one attached hydrogen (secondary N) is 1. The van der Waals surface area contributed by atoms with E-state index in [9.17, 15) is 13.2 Å². The summed E-state index contributed by atoms with van der Waals surface area (Å²) in [4.78, 5) is 11.7. The molecular formula is C19H26N4O3S. The lowest BCUT2D eigenvalue weighted by molar-refractivity contribution is -0.119. The van der Waals surface area contributed by atoms with Gasteiger partial charge < -0.3 is 5.32 Å². The molecule has 8 heteroatoms. The average molecular weight is 391 g/mol. The molecule has 3 rings (SSSR count). The van der Waals surface area contributed by atoms with E-state index in [0.29, 0.717) is 0 Å². The molecule has 1 heterocycles. The van der Waals surface area contributed by atoms with Crippen LogP contribution < -0.4 is 5.32 Å². The Bertz CT molecular complexity index is 995. The first-order valence-corrected chi connectivity index (χ1v) is 10.4. The Morgan fingerprint density at radius 3 is 2.67 bits per heavy atom. The molecule has 1 N–H and O–H groups in total. The quantitative estimate of drug-likeness (QED) is 0.846. The molecule has 0 radical (unpaired) electrons. The van der Waals surface area contributed by atoms with Crippen LogP contribution in [0.2, 0.25) is 0 Å². The zero-order valence-corrected chi connectivity index (χ0v) is 17.2. The summed E-state index contributed by atoms with van der Waals surface area (Å²) in [7, 11) is -0.218. The summed E-state index contributed by atoms with van der Waals surface area (Å²) < 4.78 is 29.3. The Balaban J connectivity index is 1.90. The van der Waals surface area contributed by atoms with Crippen molar-refractivity contribution in [3.63, 3.8) is 0 Å². The van der Waals surface area contributed by atoms with Crippen molar-refractivity contribution in [1.82, 2.24) is 19.4 Å². The molecule has 27 heavy (non-hydrogen) atoms. The van der Waals surface area contributed by atoms with Crippen molar-refractivity contribution in [2.45, 2.75) is 51.1 Å². The number of aryl methyl sites for hydroxylation is 3. The number of hydrogen-bond donors (Lipinski definition) is 1. The lowest BCUT2D eigenvalue weighted by Gasteiger charge is -2.19. The first-order valence-electron chi connectivity index (χ1n) is 8.96. The van der Waals surface area contributed by atoms with Gasteiger partial charge in [-0.25, -0.2) is 8.42 Å². The van der Waals surface area contributed by atoms with Gasteiger partial charge in [0, 0.05) is 38.8 Å². The van der Waals surface area contributed by atoms with Crippen LogP contribution in [0.5, 0.6) is 0 Å². The molecule has 146 valence electrons. The van der Waals surface area contributed by atoms with Gasteiger partial charge in [0.2, 0.25) is 15.9 Å². The summed E-state index contributed by atoms with van der Waals surface area (Å²) in [5, 5.41) is 7.26. The number of fused-ring (bicyclic) bond motifs is 1. The zero-order chi connectivity index (χ0) is 19.9. The number of carbonyl (C=O) groups excluding carboxylic acids is 1. The molecule has 0 bridgehead atoms. The van der Waals surface area contributed by atoms with Crippen molar-refractivity contribution in [3.8, 4) is 0 Å². The standard InChI is InChI=1S/C19H26N4O3S/c1-12-18(13(2)23(5)21-12)11-22(4)27(25,26)16-8-6-15-7-9-19(17(15)10-16)20-14(3)24/h6,8,10,19H,7,9,11H2,1-5H3,(H,20,24)/t19-/m0/s1. The molecule has 1 amide bonds. The monoisotopic (exact) mass is 390 g/mol. The lowest BCUT2D eigenvalue weighted by atomic mass is 10.1. The van der Waals surface area contributed by atoms with Crippen molar-refractivity contribution in [3.05, 3.63) is 46.3 Å². The highest BCUT2D eigenvalue weighted by Crippen LogP contribution is 2.33. The van der Waals surface area contributed by atoms with Crippen LogP contribution in [-0.2, 0) is 34.8 Å². The molecule has 0 aliphatic heterocycles. The van der Waals surface area contributed by atoms with Crippen LogP contribution in [0.15, 0.2) is 23.1 Å². The topological polar surface area (TPSA) is 84.3 Å². The Morgan fingerprint density at radius 1 is 1.37 bits per heavy atom. The number of amides is 1. The van der Waals surface area contributed by atoms with E-state index in [2.05, 4.69) is 10.4 Å². The minimum atomic E-state index is -3.65. The fourth-order valence-corrected chi connectivity index (χ4v) is 4.84. The smallest absolute Gasteiger partial charge is 0.243 e. The lowest BCUT2D eigenvalue weighted by Crippen LogP contribution is -2.28. The van der Waals surface area contributed by atoms with E-state index in [0.717, 1.165) is 40.9 Å². The average Bonchev–Trinajstić information content (AvgIpc) is 3.09. The minimum absolute atomic E-state index is 0.110. The SMILES string of the molecule is CC(=O)N[C@H]1CCc2ccc(S(=O)(=O)N(C)Cc3c(C)nn(C)c3C)cc21. The number of sulfonamides is 1. The molecule has 0 saturated carbocycles. The zero-order valence-electron chi connectivity index (χ0n) is 16.4. The number of carbonyl (C=O) groups is 1. The van der Waals surface area contributed by atoms with Crippen LogP contribution in [0.3, 0.4) is 0 Å². The van der Waals surface area contributed by atoms with Crippen molar-refractivity contribution < 1.29 is 13.2 Å². The number of hydrogen-bond acceptors (Lipinski definition) is 4. The first-order chi connectivity index (χ1) is 12.6. The molecule has 0 spiro atoms. The highest BCUT2D eigenvalue weighted by molar-refractivity contribution is 7.89. The maximum atomic E-state index is 13.1. The second kappa shape index (κ2) is 7.09. The Labute approximate surface area is 160 Å². The van der Waals surface area contributed by atoms with Gasteiger partial charge in [-0.3, -0.25) is 9.48 Å². The maximum Gasteiger partial charge on any atom is 0.243 e. The van der Waals surface area contributed by atoms with Crippen molar-refractivity contribution in [2.75, 3.05) is 7.05 Å². The van der Waals surface area contributed by atoms with Gasteiger partial charge in [-0.15, -0.1) is 0 Å². The normalized spacial score (nSPS) is 16.6. The highest BCUT2D eigenvalue weighted by Gasteiger charge is 2.28. The second-order valence-corrected chi connectivity index (χ2v) is 9.23. The summed E-state index contributed by atoms with van der Waals surface area (Å²) in [6, 6.07) is 5.10. The molecule has 1 aliphatic rings. The fraction of sp³-hybridized carbons (Fsp3) is 0.474. The third-order valence-corrected chi connectivity index (χ3v) is 7.12. The Morgan fingerprint density at radius 2 is 2.07 bits per heavy atom. The summed E-state index contributed by atoms with van der Waals surface area (Å²) >= 11 is 0. The van der Waals surface area contributed by atoms with Gasteiger partial charge in [-0.05, 0) is 49.9 Å². The minimum Gasteiger partial charge on any atom is -0.350 e. The van der Waals surface area contributed by atoms with E-state index in [1.807, 2.05) is 27.0 Å². The molecule has 2 aromatic rings. The number of benzene rings is 1. The summed E-state index contributed by atoms with van der Waals surface area (Å²) in [5.74, 6) is -0.110. The summed E-state index contributed by atoms with van der Waals surface area (Å²) in [5.41, 5.74) is 4.69. The molecule has 1 aliphatic carbocycles. The molecule has 0 unspecified atom stereocenters. The van der Waals surface area contributed by atoms with Crippen molar-refractivity contribution in [1.29, 1.82) is 0 Å². The largest absolute Gasteiger partial charge is 0.350 e. The van der Waals surface area contributed by atoms with E-state index in [4.69, 9.17) is 0 Å². The van der Waals surface area contributed by atoms with Gasteiger partial charge in [-0.2, -0.15) is 9.40 Å². The van der Waals surface area contributed by atoms with Gasteiger partial charge in [0.05, 0.1) is 16.6 Å². The fourth-order valence-electron chi connectivity index (χ4n) is 3.67. The first kappa shape index (κ1) is 19.6. The molecule has 0 fully saturated rings. The van der Waals surface area contributed by atoms with Crippen LogP contribution in [0.4, 0.5) is 0 Å². The van der Waals surface area contributed by atoms with Crippen LogP contribution in [-0.4, -0.2) is 35.5 Å². The van der Waals surface area contributed by atoms with Gasteiger partial charge in [0.1, 0.15) is 0 Å². The van der Waals surface area contributed by atoms with E-state index in [1.165, 1.54) is 11.2 Å². The number of aromatic nitrogens is 2. The summed E-state index contributed by atoms with van der Waals surface area (Å²) in [6.45, 7) is 5.56. The van der Waals surface area contributed by atoms with Crippen LogP contribution in [0, 0.1) is 13.8 Å². The van der Waals surface area contributed by atoms with Gasteiger partial charge in [-0.1, -0.05) is 6.07 Å². The third kappa shape index (κ3) is 3.64. The second-order valence-electron chi connectivity index (χ2n) is 7.19. The predicted molar refractivity (Wildman–Crippen MR) is 103 cm³/mol. The molecule has 0 saturated heterocycles. The Hall–Kier alpha value is -2.19. The third-order valence-electron chi connectivity index (χ3n) is 5.32. The van der Waals surface area contributed by atoms with Crippen LogP contribution in [0.25, 0.3) is 0 Å².